The van der Waals surface area contributed by atoms with Crippen molar-refractivity contribution >= 4 is 28.5 Å². The van der Waals surface area contributed by atoms with Gasteiger partial charge in [0.1, 0.15) is 17.9 Å². The molecule has 1 atom stereocenters. The van der Waals surface area contributed by atoms with Crippen molar-refractivity contribution in [1.29, 1.82) is 0 Å². The van der Waals surface area contributed by atoms with Gasteiger partial charge in [-0.1, -0.05) is 30.3 Å². The summed E-state index contributed by atoms with van der Waals surface area (Å²) in [7, 11) is 1.64. The van der Waals surface area contributed by atoms with E-state index >= 15 is 0 Å². The van der Waals surface area contributed by atoms with Gasteiger partial charge < -0.3 is 18.8 Å². The van der Waals surface area contributed by atoms with Crippen LogP contribution in [0.1, 0.15) is 28.4 Å². The lowest BCUT2D eigenvalue weighted by Gasteiger charge is -2.21. The lowest BCUT2D eigenvalue weighted by molar-refractivity contribution is -0.126. The molecule has 0 aliphatic carbocycles. The molecule has 0 fully saturated rings. The summed E-state index contributed by atoms with van der Waals surface area (Å²) in [6.07, 6.45) is -0.938. The van der Waals surface area contributed by atoms with E-state index in [1.165, 1.54) is 11.0 Å². The van der Waals surface area contributed by atoms with Crippen LogP contribution >= 0.6 is 0 Å². The minimum absolute atomic E-state index is 0.258. The van der Waals surface area contributed by atoms with Crippen molar-refractivity contribution < 1.29 is 23.5 Å². The lowest BCUT2D eigenvalue weighted by atomic mass is 10.1. The largest absolute Gasteiger partial charge is 0.489 e. The number of anilines is 1. The molecule has 4 rings (SSSR count). The number of carbonyl (C=O) groups excluding carboxylic acids is 2. The first kappa shape index (κ1) is 23.8. The van der Waals surface area contributed by atoms with E-state index in [4.69, 9.17) is 13.9 Å². The number of nitrogens with zero attached hydrogens (tertiary/aromatic N) is 1. The van der Waals surface area contributed by atoms with Crippen LogP contribution in [0.25, 0.3) is 11.0 Å². The number of likely N-dealkylation sites (N-methyl/N-ethyl adjacent to an activating group) is 1. The topological polar surface area (TPSA) is 86.0 Å². The number of hydrogen-bond acceptors (Lipinski definition) is 6. The fourth-order valence-corrected chi connectivity index (χ4v) is 3.63. The summed E-state index contributed by atoms with van der Waals surface area (Å²) in [6, 6.07) is 22.7. The number of aryl methyl sites for hydroxylation is 1. The van der Waals surface area contributed by atoms with Gasteiger partial charge in [-0.05, 0) is 61.4 Å². The Kier molecular flexibility index (Phi) is 6.96. The van der Waals surface area contributed by atoms with Crippen LogP contribution in [0.3, 0.4) is 0 Å². The number of esters is 1. The van der Waals surface area contributed by atoms with E-state index in [0.717, 1.165) is 16.5 Å². The molecule has 0 bridgehead atoms. The molecule has 0 radical (unpaired) electrons. The average Bonchev–Trinajstić information content (AvgIpc) is 2.87. The van der Waals surface area contributed by atoms with E-state index in [1.54, 1.807) is 44.3 Å². The van der Waals surface area contributed by atoms with Crippen molar-refractivity contribution in [1.82, 2.24) is 0 Å². The lowest BCUT2D eigenvalue weighted by Crippen LogP contribution is -2.37. The van der Waals surface area contributed by atoms with E-state index in [-0.39, 0.29) is 12.5 Å². The van der Waals surface area contributed by atoms with Crippen molar-refractivity contribution in [3.8, 4) is 5.75 Å². The van der Waals surface area contributed by atoms with Gasteiger partial charge in [-0.2, -0.15) is 0 Å². The predicted molar refractivity (Wildman–Crippen MR) is 133 cm³/mol. The fraction of sp³-hybridized carbons (Fsp3) is 0.179. The zero-order valence-corrected chi connectivity index (χ0v) is 19.7. The van der Waals surface area contributed by atoms with Crippen LogP contribution in [0, 0.1) is 6.92 Å². The molecule has 0 aliphatic rings. The summed E-state index contributed by atoms with van der Waals surface area (Å²) in [5, 5.41) is 0.850. The monoisotopic (exact) mass is 471 g/mol. The Hall–Kier alpha value is -4.39. The van der Waals surface area contributed by atoms with Crippen LogP contribution in [0.2, 0.25) is 0 Å². The normalized spacial score (nSPS) is 11.6. The number of hydrogen-bond donors (Lipinski definition) is 0. The molecule has 7 nitrogen and oxygen atoms in total. The SMILES string of the molecule is Cc1cc(=O)oc2cc(OCc3ccc(C(=O)O[C@@H](C)C(=O)N(C)c4ccccc4)cc3)ccc12. The minimum Gasteiger partial charge on any atom is -0.489 e. The van der Waals surface area contributed by atoms with Gasteiger partial charge in [0.25, 0.3) is 5.91 Å². The first-order chi connectivity index (χ1) is 16.8. The quantitative estimate of drug-likeness (QED) is 0.282. The molecule has 0 aliphatic heterocycles. The van der Waals surface area contributed by atoms with E-state index in [2.05, 4.69) is 0 Å². The predicted octanol–water partition coefficient (Wildman–Crippen LogP) is 4.89. The minimum atomic E-state index is -0.938. The third kappa shape index (κ3) is 5.58. The van der Waals surface area contributed by atoms with Gasteiger partial charge in [-0.25, -0.2) is 9.59 Å². The summed E-state index contributed by atoms with van der Waals surface area (Å²) in [4.78, 5) is 38.2. The first-order valence-electron chi connectivity index (χ1n) is 11.1. The number of fused-ring (bicyclic) bond motifs is 1. The van der Waals surface area contributed by atoms with Crippen LogP contribution in [0.15, 0.2) is 88.1 Å². The van der Waals surface area contributed by atoms with Crippen molar-refractivity contribution in [3.63, 3.8) is 0 Å². The highest BCUT2D eigenvalue weighted by Gasteiger charge is 2.23. The van der Waals surface area contributed by atoms with Crippen LogP contribution in [0.5, 0.6) is 5.75 Å². The summed E-state index contributed by atoms with van der Waals surface area (Å²) < 4.78 is 16.4. The molecule has 1 amide bonds. The molecule has 7 heteroatoms. The highest BCUT2D eigenvalue weighted by atomic mass is 16.5. The summed E-state index contributed by atoms with van der Waals surface area (Å²) in [5.74, 6) is -0.347. The Morgan fingerprint density at radius 2 is 1.69 bits per heavy atom. The second kappa shape index (κ2) is 10.3. The van der Waals surface area contributed by atoms with Gasteiger partial charge in [0, 0.05) is 30.3 Å². The smallest absolute Gasteiger partial charge is 0.338 e. The molecule has 0 spiro atoms. The Bertz CT molecular complexity index is 1410. The number of benzene rings is 3. The van der Waals surface area contributed by atoms with Crippen molar-refractivity contribution in [3.05, 3.63) is 106 Å². The van der Waals surface area contributed by atoms with Gasteiger partial charge in [0.2, 0.25) is 0 Å². The van der Waals surface area contributed by atoms with Crippen LogP contribution in [0.4, 0.5) is 5.69 Å². The molecular formula is C28H25NO6. The third-order valence-electron chi connectivity index (χ3n) is 5.62. The van der Waals surface area contributed by atoms with Gasteiger partial charge in [0.05, 0.1) is 5.56 Å². The maximum Gasteiger partial charge on any atom is 0.338 e. The Morgan fingerprint density at radius 1 is 0.971 bits per heavy atom. The van der Waals surface area contributed by atoms with Gasteiger partial charge >= 0.3 is 11.6 Å². The highest BCUT2D eigenvalue weighted by Crippen LogP contribution is 2.23. The van der Waals surface area contributed by atoms with Crippen LogP contribution < -0.4 is 15.3 Å². The number of carbonyl (C=O) groups is 2. The number of para-hydroxylation sites is 1. The summed E-state index contributed by atoms with van der Waals surface area (Å²) in [5.41, 5.74) is 2.78. The van der Waals surface area contributed by atoms with Gasteiger partial charge in [-0.15, -0.1) is 0 Å². The molecule has 4 aromatic rings. The van der Waals surface area contributed by atoms with E-state index in [1.807, 2.05) is 49.4 Å². The first-order valence-corrected chi connectivity index (χ1v) is 11.1. The Balaban J connectivity index is 1.35. The molecular weight excluding hydrogens is 446 g/mol. The molecule has 178 valence electrons. The van der Waals surface area contributed by atoms with E-state index in [0.29, 0.717) is 22.6 Å². The maximum absolute atomic E-state index is 12.6. The molecule has 0 N–H and O–H groups in total. The summed E-state index contributed by atoms with van der Waals surface area (Å²) in [6.45, 7) is 3.66. The zero-order valence-electron chi connectivity index (χ0n) is 19.7. The van der Waals surface area contributed by atoms with Crippen LogP contribution in [-0.2, 0) is 16.1 Å². The second-order valence-electron chi connectivity index (χ2n) is 8.17. The average molecular weight is 472 g/mol. The fourth-order valence-electron chi connectivity index (χ4n) is 3.63. The molecule has 1 aromatic heterocycles. The van der Waals surface area contributed by atoms with Crippen molar-refractivity contribution in [2.24, 2.45) is 0 Å². The van der Waals surface area contributed by atoms with E-state index < -0.39 is 17.7 Å². The van der Waals surface area contributed by atoms with Crippen molar-refractivity contribution in [2.75, 3.05) is 11.9 Å². The molecule has 0 unspecified atom stereocenters. The molecule has 1 heterocycles. The maximum atomic E-state index is 12.6. The Labute approximate surface area is 202 Å². The zero-order chi connectivity index (χ0) is 24.9. The summed E-state index contributed by atoms with van der Waals surface area (Å²) >= 11 is 0. The second-order valence-corrected chi connectivity index (χ2v) is 8.17. The number of ether oxygens (including phenoxy) is 2. The van der Waals surface area contributed by atoms with Crippen molar-refractivity contribution in [2.45, 2.75) is 26.6 Å². The molecule has 3 aromatic carbocycles. The highest BCUT2D eigenvalue weighted by molar-refractivity contribution is 5.98. The molecule has 0 saturated heterocycles. The third-order valence-corrected chi connectivity index (χ3v) is 5.62. The standard InChI is InChI=1S/C28H25NO6/c1-18-15-26(30)35-25-16-23(13-14-24(18)25)33-17-20-9-11-21(12-10-20)28(32)34-19(2)27(31)29(3)22-7-5-4-6-8-22/h4-16,19H,17H2,1-3H3/t19-/m0/s1. The van der Waals surface area contributed by atoms with Gasteiger partial charge in [-0.3, -0.25) is 4.79 Å². The molecule has 35 heavy (non-hydrogen) atoms. The van der Waals surface area contributed by atoms with Gasteiger partial charge in [0.15, 0.2) is 6.10 Å². The van der Waals surface area contributed by atoms with Crippen LogP contribution in [-0.4, -0.2) is 25.0 Å². The van der Waals surface area contributed by atoms with E-state index in [9.17, 15) is 14.4 Å². The number of amides is 1. The Morgan fingerprint density at radius 3 is 2.40 bits per heavy atom. The number of rotatable bonds is 7. The molecule has 0 saturated carbocycles.